The van der Waals surface area contributed by atoms with Gasteiger partial charge < -0.3 is 4.57 Å². The fraction of sp³-hybridized carbons (Fsp3) is 0.0667. The van der Waals surface area contributed by atoms with Crippen LogP contribution in [0.2, 0.25) is 5.02 Å². The number of aryl methyl sites for hydroxylation is 1. The number of amides is 1. The van der Waals surface area contributed by atoms with Crippen LogP contribution >= 0.6 is 22.9 Å². The van der Waals surface area contributed by atoms with Crippen molar-refractivity contribution in [3.63, 3.8) is 0 Å². The van der Waals surface area contributed by atoms with Gasteiger partial charge in [0.25, 0.3) is 5.91 Å². The van der Waals surface area contributed by atoms with Crippen LogP contribution in [-0.4, -0.2) is 10.5 Å². The zero-order chi connectivity index (χ0) is 15.0. The molecule has 21 heavy (non-hydrogen) atoms. The second-order valence-electron chi connectivity index (χ2n) is 4.45. The molecule has 3 rings (SSSR count). The molecule has 0 N–H and O–H groups in total. The molecule has 0 spiro atoms. The number of fused-ring (bicyclic) bond motifs is 1. The summed E-state index contributed by atoms with van der Waals surface area (Å²) in [7, 11) is 1.81. The molecule has 0 unspecified atom stereocenters. The Hall–Kier alpha value is -1.98. The van der Waals surface area contributed by atoms with E-state index in [2.05, 4.69) is 4.99 Å². The number of carbonyl (C=O) groups excluding carboxylic acids is 1. The van der Waals surface area contributed by atoms with Gasteiger partial charge in [-0.3, -0.25) is 4.79 Å². The van der Waals surface area contributed by atoms with Gasteiger partial charge in [-0.15, -0.1) is 0 Å². The normalized spacial score (nSPS) is 12.0. The van der Waals surface area contributed by atoms with Gasteiger partial charge in [0.1, 0.15) is 5.82 Å². The Kier molecular flexibility index (Phi) is 3.61. The Morgan fingerprint density at radius 3 is 2.62 bits per heavy atom. The monoisotopic (exact) mass is 320 g/mol. The van der Waals surface area contributed by atoms with E-state index in [-0.39, 0.29) is 5.82 Å². The van der Waals surface area contributed by atoms with Crippen molar-refractivity contribution in [1.29, 1.82) is 0 Å². The minimum Gasteiger partial charge on any atom is -0.318 e. The molecule has 0 atom stereocenters. The minimum atomic E-state index is -0.409. The SMILES string of the molecule is Cn1c(=NC(=O)c2ccc(F)cc2)sc2cccc(Cl)c21. The molecule has 3 nitrogen and oxygen atoms in total. The fourth-order valence-corrected chi connectivity index (χ4v) is 3.41. The van der Waals surface area contributed by atoms with Gasteiger partial charge in [-0.1, -0.05) is 29.0 Å². The first kappa shape index (κ1) is 14.0. The number of hydrogen-bond acceptors (Lipinski definition) is 2. The summed E-state index contributed by atoms with van der Waals surface area (Å²) in [5, 5.41) is 0.613. The van der Waals surface area contributed by atoms with Crippen molar-refractivity contribution in [3.05, 3.63) is 63.7 Å². The number of nitrogens with zero attached hydrogens (tertiary/aromatic N) is 2. The third-order valence-corrected chi connectivity index (χ3v) is 4.46. The minimum absolute atomic E-state index is 0.347. The molecular formula is C15H10ClFN2OS. The molecule has 1 aromatic heterocycles. The van der Waals surface area contributed by atoms with E-state index < -0.39 is 5.91 Å². The van der Waals surface area contributed by atoms with Crippen LogP contribution in [0.15, 0.2) is 47.5 Å². The number of carbonyl (C=O) groups is 1. The molecule has 2 aromatic carbocycles. The van der Waals surface area contributed by atoms with Gasteiger partial charge in [0.2, 0.25) is 0 Å². The molecule has 0 saturated carbocycles. The van der Waals surface area contributed by atoms with Gasteiger partial charge in [-0.25, -0.2) is 4.39 Å². The van der Waals surface area contributed by atoms with E-state index in [1.165, 1.54) is 35.6 Å². The summed E-state index contributed by atoms with van der Waals surface area (Å²) < 4.78 is 15.6. The van der Waals surface area contributed by atoms with E-state index >= 15 is 0 Å². The summed E-state index contributed by atoms with van der Waals surface area (Å²) in [6, 6.07) is 10.9. The predicted octanol–water partition coefficient (Wildman–Crippen LogP) is 3.77. The zero-order valence-corrected chi connectivity index (χ0v) is 12.6. The van der Waals surface area contributed by atoms with Crippen LogP contribution in [0.5, 0.6) is 0 Å². The van der Waals surface area contributed by atoms with Gasteiger partial charge in [0.05, 0.1) is 15.2 Å². The lowest BCUT2D eigenvalue weighted by Crippen LogP contribution is -2.13. The average Bonchev–Trinajstić information content (AvgIpc) is 2.77. The number of benzene rings is 2. The van der Waals surface area contributed by atoms with Gasteiger partial charge in [-0.2, -0.15) is 4.99 Å². The first-order valence-corrected chi connectivity index (χ1v) is 7.34. The Labute approximate surface area is 128 Å². The van der Waals surface area contributed by atoms with Crippen molar-refractivity contribution in [2.75, 3.05) is 0 Å². The van der Waals surface area contributed by atoms with Crippen molar-refractivity contribution in [1.82, 2.24) is 4.57 Å². The van der Waals surface area contributed by atoms with Crippen LogP contribution in [-0.2, 0) is 7.05 Å². The van der Waals surface area contributed by atoms with E-state index in [4.69, 9.17) is 11.6 Å². The van der Waals surface area contributed by atoms with E-state index in [0.29, 0.717) is 15.4 Å². The number of rotatable bonds is 1. The number of thiazole rings is 1. The maximum absolute atomic E-state index is 12.9. The Morgan fingerprint density at radius 1 is 1.24 bits per heavy atom. The van der Waals surface area contributed by atoms with Gasteiger partial charge in [-0.05, 0) is 36.4 Å². The molecule has 0 aliphatic rings. The molecule has 0 fully saturated rings. The second kappa shape index (κ2) is 5.42. The number of aromatic nitrogens is 1. The maximum Gasteiger partial charge on any atom is 0.279 e. The predicted molar refractivity (Wildman–Crippen MR) is 82.1 cm³/mol. The third kappa shape index (κ3) is 2.62. The Morgan fingerprint density at radius 2 is 1.95 bits per heavy atom. The quantitative estimate of drug-likeness (QED) is 0.672. The summed E-state index contributed by atoms with van der Waals surface area (Å²) in [5.74, 6) is -0.793. The molecule has 0 radical (unpaired) electrons. The molecule has 0 bridgehead atoms. The Bertz CT molecular complexity index is 896. The number of halogens is 2. The van der Waals surface area contributed by atoms with E-state index in [1.54, 1.807) is 10.6 Å². The van der Waals surface area contributed by atoms with Crippen molar-refractivity contribution in [3.8, 4) is 0 Å². The maximum atomic E-state index is 12.9. The lowest BCUT2D eigenvalue weighted by Gasteiger charge is -1.98. The van der Waals surface area contributed by atoms with Gasteiger partial charge in [0.15, 0.2) is 4.80 Å². The highest BCUT2D eigenvalue weighted by molar-refractivity contribution is 7.16. The van der Waals surface area contributed by atoms with Crippen molar-refractivity contribution in [2.24, 2.45) is 12.0 Å². The highest BCUT2D eigenvalue weighted by atomic mass is 35.5. The zero-order valence-electron chi connectivity index (χ0n) is 11.0. The molecular weight excluding hydrogens is 311 g/mol. The summed E-state index contributed by atoms with van der Waals surface area (Å²) in [6.07, 6.45) is 0. The molecule has 6 heteroatoms. The van der Waals surface area contributed by atoms with Crippen LogP contribution in [0.25, 0.3) is 10.2 Å². The first-order chi connectivity index (χ1) is 10.1. The lowest BCUT2D eigenvalue weighted by molar-refractivity contribution is 0.0998. The summed E-state index contributed by atoms with van der Waals surface area (Å²) in [4.78, 5) is 16.8. The smallest absolute Gasteiger partial charge is 0.279 e. The summed E-state index contributed by atoms with van der Waals surface area (Å²) in [6.45, 7) is 0. The molecule has 1 amide bonds. The van der Waals surface area contributed by atoms with Crippen LogP contribution in [0, 0.1) is 5.82 Å². The Balaban J connectivity index is 2.11. The molecule has 0 aliphatic heterocycles. The molecule has 106 valence electrons. The molecule has 1 heterocycles. The standard InChI is InChI=1S/C15H10ClFN2OS/c1-19-13-11(16)3-2-4-12(13)21-15(19)18-14(20)9-5-7-10(17)8-6-9/h2-8H,1H3. The third-order valence-electron chi connectivity index (χ3n) is 3.06. The molecule has 0 aliphatic carbocycles. The van der Waals surface area contributed by atoms with Crippen molar-refractivity contribution >= 4 is 39.1 Å². The highest BCUT2D eigenvalue weighted by Crippen LogP contribution is 2.24. The number of hydrogen-bond donors (Lipinski definition) is 0. The topological polar surface area (TPSA) is 34.4 Å². The lowest BCUT2D eigenvalue weighted by atomic mass is 10.2. The first-order valence-electron chi connectivity index (χ1n) is 6.15. The molecule has 3 aromatic rings. The van der Waals surface area contributed by atoms with Gasteiger partial charge in [0, 0.05) is 12.6 Å². The van der Waals surface area contributed by atoms with Gasteiger partial charge >= 0.3 is 0 Å². The highest BCUT2D eigenvalue weighted by Gasteiger charge is 2.09. The van der Waals surface area contributed by atoms with Crippen LogP contribution < -0.4 is 4.80 Å². The van der Waals surface area contributed by atoms with E-state index in [0.717, 1.165) is 10.2 Å². The van der Waals surface area contributed by atoms with Crippen molar-refractivity contribution in [2.45, 2.75) is 0 Å². The largest absolute Gasteiger partial charge is 0.318 e. The molecule has 0 saturated heterocycles. The van der Waals surface area contributed by atoms with Crippen LogP contribution in [0.1, 0.15) is 10.4 Å². The van der Waals surface area contributed by atoms with Crippen molar-refractivity contribution < 1.29 is 9.18 Å². The summed E-state index contributed by atoms with van der Waals surface area (Å²) in [5.41, 5.74) is 1.19. The average molecular weight is 321 g/mol. The van der Waals surface area contributed by atoms with E-state index in [1.807, 2.05) is 19.2 Å². The van der Waals surface area contributed by atoms with E-state index in [9.17, 15) is 9.18 Å². The second-order valence-corrected chi connectivity index (χ2v) is 5.87. The number of para-hydroxylation sites is 1. The van der Waals surface area contributed by atoms with Crippen LogP contribution in [0.3, 0.4) is 0 Å². The fourth-order valence-electron chi connectivity index (χ4n) is 2.01. The van der Waals surface area contributed by atoms with Crippen LogP contribution in [0.4, 0.5) is 4.39 Å². The summed E-state index contributed by atoms with van der Waals surface area (Å²) >= 11 is 7.55.